The second-order valence-electron chi connectivity index (χ2n) is 3.78. The van der Waals surface area contributed by atoms with Gasteiger partial charge in [0.15, 0.2) is 0 Å². The van der Waals surface area contributed by atoms with Crippen LogP contribution < -0.4 is 0 Å². The Labute approximate surface area is 104 Å². The first-order valence-electron chi connectivity index (χ1n) is 5.00. The molecule has 0 aliphatic carbocycles. The molecule has 0 aromatic heterocycles. The van der Waals surface area contributed by atoms with Crippen molar-refractivity contribution in [3.63, 3.8) is 0 Å². The molecule has 2 rings (SSSR count). The summed E-state index contributed by atoms with van der Waals surface area (Å²) in [6.45, 7) is 4.29. The molecule has 0 aliphatic heterocycles. The largest absolute Gasteiger partial charge is 0.0606 e. The highest BCUT2D eigenvalue weighted by atomic mass is 127. The van der Waals surface area contributed by atoms with Crippen molar-refractivity contribution >= 4 is 22.6 Å². The minimum atomic E-state index is 1.30. The minimum absolute atomic E-state index is 1.30. The predicted molar refractivity (Wildman–Crippen MR) is 74.1 cm³/mol. The van der Waals surface area contributed by atoms with Crippen LogP contribution in [0, 0.1) is 17.4 Å². The lowest BCUT2D eigenvalue weighted by atomic mass is 10.00. The van der Waals surface area contributed by atoms with E-state index in [4.69, 9.17) is 0 Å². The Morgan fingerprint density at radius 1 is 0.867 bits per heavy atom. The molecule has 0 unspecified atom stereocenters. The van der Waals surface area contributed by atoms with Gasteiger partial charge in [0, 0.05) is 3.57 Å². The average Bonchev–Trinajstić information content (AvgIpc) is 2.24. The molecule has 76 valence electrons. The number of aryl methyl sites for hydroxylation is 1. The van der Waals surface area contributed by atoms with E-state index < -0.39 is 0 Å². The first kappa shape index (κ1) is 10.7. The number of benzene rings is 2. The van der Waals surface area contributed by atoms with Gasteiger partial charge in [-0.25, -0.2) is 0 Å². The molecule has 0 N–H and O–H groups in total. The number of hydrogen-bond acceptors (Lipinski definition) is 0. The molecule has 0 aliphatic rings. The topological polar surface area (TPSA) is 0 Å². The van der Waals surface area contributed by atoms with E-state index in [2.05, 4.69) is 78.9 Å². The van der Waals surface area contributed by atoms with Gasteiger partial charge < -0.3 is 0 Å². The van der Waals surface area contributed by atoms with Crippen LogP contribution in [0.25, 0.3) is 11.1 Å². The average molecular weight is 308 g/mol. The van der Waals surface area contributed by atoms with Gasteiger partial charge in [-0.2, -0.15) is 0 Å². The van der Waals surface area contributed by atoms with E-state index in [0.29, 0.717) is 0 Å². The molecule has 0 atom stereocenters. The molecular weight excluding hydrogens is 295 g/mol. The first-order chi connectivity index (χ1) is 7.18. The van der Waals surface area contributed by atoms with Gasteiger partial charge in [-0.1, -0.05) is 42.0 Å². The molecular formula is C14H13I. The van der Waals surface area contributed by atoms with Crippen molar-refractivity contribution in [2.75, 3.05) is 0 Å². The van der Waals surface area contributed by atoms with E-state index in [0.717, 1.165) is 0 Å². The quantitative estimate of drug-likeness (QED) is 0.677. The van der Waals surface area contributed by atoms with Crippen LogP contribution in [0.2, 0.25) is 0 Å². The standard InChI is InChI=1S/C14H13I/c1-10-6-8-12(9-7-10)13-4-3-5-14(15)11(13)2/h3-9H,1-2H3. The van der Waals surface area contributed by atoms with Crippen LogP contribution >= 0.6 is 22.6 Å². The Bertz CT molecular complexity index is 469. The summed E-state index contributed by atoms with van der Waals surface area (Å²) in [6.07, 6.45) is 0. The van der Waals surface area contributed by atoms with Gasteiger partial charge in [0.1, 0.15) is 0 Å². The molecule has 15 heavy (non-hydrogen) atoms. The maximum Gasteiger partial charge on any atom is 0.0165 e. The Balaban J connectivity index is 2.54. The Kier molecular flexibility index (Phi) is 3.10. The summed E-state index contributed by atoms with van der Waals surface area (Å²) >= 11 is 2.38. The molecule has 0 heterocycles. The zero-order valence-corrected chi connectivity index (χ0v) is 11.1. The van der Waals surface area contributed by atoms with Crippen molar-refractivity contribution in [3.05, 3.63) is 57.2 Å². The van der Waals surface area contributed by atoms with Crippen molar-refractivity contribution in [3.8, 4) is 11.1 Å². The van der Waals surface area contributed by atoms with Gasteiger partial charge in [0.25, 0.3) is 0 Å². The summed E-state index contributed by atoms with van der Waals surface area (Å²) in [7, 11) is 0. The zero-order valence-electron chi connectivity index (χ0n) is 8.92. The normalized spacial score (nSPS) is 10.3. The molecule has 2 aromatic rings. The lowest BCUT2D eigenvalue weighted by Gasteiger charge is -2.07. The number of rotatable bonds is 1. The minimum Gasteiger partial charge on any atom is -0.0606 e. The molecule has 2 aromatic carbocycles. The van der Waals surface area contributed by atoms with Gasteiger partial charge in [-0.05, 0) is 59.2 Å². The third kappa shape index (κ3) is 2.23. The van der Waals surface area contributed by atoms with Gasteiger partial charge in [0.05, 0.1) is 0 Å². The summed E-state index contributed by atoms with van der Waals surface area (Å²) in [4.78, 5) is 0. The number of hydrogen-bond donors (Lipinski definition) is 0. The lowest BCUT2D eigenvalue weighted by Crippen LogP contribution is -1.86. The van der Waals surface area contributed by atoms with E-state index >= 15 is 0 Å². The maximum atomic E-state index is 2.38. The van der Waals surface area contributed by atoms with E-state index in [1.165, 1.54) is 25.8 Å². The summed E-state index contributed by atoms with van der Waals surface area (Å²) in [6, 6.07) is 15.1. The SMILES string of the molecule is Cc1ccc(-c2cccc(I)c2C)cc1. The van der Waals surface area contributed by atoms with Gasteiger partial charge in [-0.15, -0.1) is 0 Å². The third-order valence-corrected chi connectivity index (χ3v) is 3.80. The predicted octanol–water partition coefficient (Wildman–Crippen LogP) is 4.58. The molecule has 0 nitrogen and oxygen atoms in total. The van der Waals surface area contributed by atoms with Gasteiger partial charge >= 0.3 is 0 Å². The summed E-state index contributed by atoms with van der Waals surface area (Å²) in [5, 5.41) is 0. The van der Waals surface area contributed by atoms with Crippen LogP contribution in [0.1, 0.15) is 11.1 Å². The molecule has 0 radical (unpaired) electrons. The molecule has 0 saturated carbocycles. The van der Waals surface area contributed by atoms with E-state index in [1.807, 2.05) is 0 Å². The lowest BCUT2D eigenvalue weighted by molar-refractivity contribution is 1.40. The zero-order chi connectivity index (χ0) is 10.8. The molecule has 0 fully saturated rings. The van der Waals surface area contributed by atoms with Crippen LogP contribution in [0.15, 0.2) is 42.5 Å². The summed E-state index contributed by atoms with van der Waals surface area (Å²) in [5.41, 5.74) is 5.31. The fourth-order valence-corrected chi connectivity index (χ4v) is 2.15. The highest BCUT2D eigenvalue weighted by molar-refractivity contribution is 14.1. The Morgan fingerprint density at radius 2 is 1.53 bits per heavy atom. The van der Waals surface area contributed by atoms with Crippen LogP contribution in [0.5, 0.6) is 0 Å². The van der Waals surface area contributed by atoms with Crippen LogP contribution in [0.4, 0.5) is 0 Å². The van der Waals surface area contributed by atoms with Gasteiger partial charge in [0.2, 0.25) is 0 Å². The maximum absolute atomic E-state index is 2.38. The fourth-order valence-electron chi connectivity index (χ4n) is 1.65. The highest BCUT2D eigenvalue weighted by Gasteiger charge is 2.03. The van der Waals surface area contributed by atoms with Crippen molar-refractivity contribution in [2.24, 2.45) is 0 Å². The van der Waals surface area contributed by atoms with Crippen molar-refractivity contribution in [1.29, 1.82) is 0 Å². The molecule has 0 saturated heterocycles. The smallest absolute Gasteiger partial charge is 0.0165 e. The van der Waals surface area contributed by atoms with E-state index in [-0.39, 0.29) is 0 Å². The summed E-state index contributed by atoms with van der Waals surface area (Å²) in [5.74, 6) is 0. The van der Waals surface area contributed by atoms with E-state index in [9.17, 15) is 0 Å². The highest BCUT2D eigenvalue weighted by Crippen LogP contribution is 2.26. The third-order valence-electron chi connectivity index (χ3n) is 2.63. The van der Waals surface area contributed by atoms with E-state index in [1.54, 1.807) is 0 Å². The van der Waals surface area contributed by atoms with Crippen LogP contribution in [-0.2, 0) is 0 Å². The second-order valence-corrected chi connectivity index (χ2v) is 4.94. The monoisotopic (exact) mass is 308 g/mol. The molecule has 1 heteroatoms. The van der Waals surface area contributed by atoms with Crippen molar-refractivity contribution in [1.82, 2.24) is 0 Å². The number of halogens is 1. The van der Waals surface area contributed by atoms with Crippen LogP contribution in [0.3, 0.4) is 0 Å². The Hall–Kier alpha value is -0.830. The first-order valence-corrected chi connectivity index (χ1v) is 6.08. The fraction of sp³-hybridized carbons (Fsp3) is 0.143. The Morgan fingerprint density at radius 3 is 2.20 bits per heavy atom. The summed E-state index contributed by atoms with van der Waals surface area (Å²) < 4.78 is 1.32. The molecule has 0 bridgehead atoms. The van der Waals surface area contributed by atoms with Crippen molar-refractivity contribution < 1.29 is 0 Å². The van der Waals surface area contributed by atoms with Crippen molar-refractivity contribution in [2.45, 2.75) is 13.8 Å². The molecule has 0 amide bonds. The second kappa shape index (κ2) is 4.35. The van der Waals surface area contributed by atoms with Gasteiger partial charge in [-0.3, -0.25) is 0 Å². The molecule has 0 spiro atoms. The van der Waals surface area contributed by atoms with Crippen LogP contribution in [-0.4, -0.2) is 0 Å².